The van der Waals surface area contributed by atoms with E-state index in [4.69, 9.17) is 4.74 Å². The van der Waals surface area contributed by atoms with Crippen molar-refractivity contribution in [2.24, 2.45) is 0 Å². The molecule has 0 aromatic rings. The van der Waals surface area contributed by atoms with Gasteiger partial charge in [0.1, 0.15) is 0 Å². The highest BCUT2D eigenvalue weighted by molar-refractivity contribution is 7.99. The quantitative estimate of drug-likeness (QED) is 0.446. The van der Waals surface area contributed by atoms with Crippen LogP contribution in [-0.2, 0) is 4.74 Å². The van der Waals surface area contributed by atoms with Crippen LogP contribution < -0.4 is 0 Å². The van der Waals surface area contributed by atoms with Crippen molar-refractivity contribution < 1.29 is 9.22 Å². The number of methoxy groups -OCH3 is 1. The molecule has 0 aromatic carbocycles. The Kier molecular flexibility index (Phi) is 6.90. The van der Waals surface area contributed by atoms with E-state index < -0.39 is 0 Å². The van der Waals surface area contributed by atoms with Gasteiger partial charge in [0.15, 0.2) is 0 Å². The molecule has 3 heteroatoms. The first-order chi connectivity index (χ1) is 5.56. The zero-order chi connectivity index (χ0) is 9.45. The van der Waals surface area contributed by atoms with Crippen molar-refractivity contribution >= 4 is 11.8 Å². The van der Waals surface area contributed by atoms with Gasteiger partial charge < -0.3 is 9.22 Å². The minimum absolute atomic E-state index is 0.900. The van der Waals surface area contributed by atoms with E-state index in [9.17, 15) is 0 Å². The highest BCUT2D eigenvalue weighted by Crippen LogP contribution is 2.04. The summed E-state index contributed by atoms with van der Waals surface area (Å²) >= 11 is 2.02. The van der Waals surface area contributed by atoms with Crippen molar-refractivity contribution in [3.63, 3.8) is 0 Å². The van der Waals surface area contributed by atoms with Gasteiger partial charge in [-0.05, 0) is 12.2 Å². The van der Waals surface area contributed by atoms with Gasteiger partial charge in [-0.25, -0.2) is 0 Å². The molecule has 0 aliphatic rings. The molecule has 0 aliphatic heterocycles. The van der Waals surface area contributed by atoms with E-state index in [-0.39, 0.29) is 0 Å². The lowest BCUT2D eigenvalue weighted by Crippen LogP contribution is -2.36. The third kappa shape index (κ3) is 10.3. The fraction of sp³-hybridized carbons (Fsp3) is 1.00. The molecule has 0 fully saturated rings. The summed E-state index contributed by atoms with van der Waals surface area (Å²) in [4.78, 5) is 0. The molecular formula is C9H22NOS+. The predicted molar refractivity (Wildman–Crippen MR) is 56.7 cm³/mol. The van der Waals surface area contributed by atoms with Gasteiger partial charge in [-0.1, -0.05) is 0 Å². The first kappa shape index (κ1) is 12.3. The third-order valence-corrected chi connectivity index (χ3v) is 2.59. The van der Waals surface area contributed by atoms with Crippen LogP contribution in [0.3, 0.4) is 0 Å². The molecule has 0 aliphatic carbocycles. The van der Waals surface area contributed by atoms with Crippen LogP contribution in [0.1, 0.15) is 6.42 Å². The molecule has 0 heterocycles. The number of hydrogen-bond donors (Lipinski definition) is 0. The van der Waals surface area contributed by atoms with Gasteiger partial charge in [0.05, 0.1) is 27.7 Å². The Labute approximate surface area is 80.9 Å². The standard InChI is InChI=1S/C9H22NOS/c1-10(2,3)6-9-12-8-5-7-11-4/h5-9H2,1-4H3/q+1. The summed E-state index contributed by atoms with van der Waals surface area (Å²) in [5, 5.41) is 0. The zero-order valence-corrected chi connectivity index (χ0v) is 9.62. The third-order valence-electron chi connectivity index (χ3n) is 1.54. The normalized spacial score (nSPS) is 12.0. The monoisotopic (exact) mass is 192 g/mol. The lowest BCUT2D eigenvalue weighted by atomic mass is 10.5. The topological polar surface area (TPSA) is 9.23 Å². The minimum Gasteiger partial charge on any atom is -0.385 e. The highest BCUT2D eigenvalue weighted by atomic mass is 32.2. The van der Waals surface area contributed by atoms with Crippen LogP contribution in [-0.4, -0.2) is 57.4 Å². The second kappa shape index (κ2) is 6.75. The number of nitrogens with zero attached hydrogens (tertiary/aromatic N) is 1. The number of quaternary nitrogens is 1. The highest BCUT2D eigenvalue weighted by Gasteiger charge is 2.04. The van der Waals surface area contributed by atoms with Gasteiger partial charge in [-0.15, -0.1) is 0 Å². The van der Waals surface area contributed by atoms with E-state index in [0.717, 1.165) is 11.1 Å². The zero-order valence-electron chi connectivity index (χ0n) is 8.80. The van der Waals surface area contributed by atoms with Crippen molar-refractivity contribution in [3.05, 3.63) is 0 Å². The van der Waals surface area contributed by atoms with Gasteiger partial charge in [-0.2, -0.15) is 11.8 Å². The summed E-state index contributed by atoms with van der Waals surface area (Å²) in [5.41, 5.74) is 0. The number of thioether (sulfide) groups is 1. The first-order valence-electron chi connectivity index (χ1n) is 4.43. The molecule has 0 N–H and O–H groups in total. The Morgan fingerprint density at radius 3 is 2.33 bits per heavy atom. The second-order valence-electron chi connectivity index (χ2n) is 3.97. The first-order valence-corrected chi connectivity index (χ1v) is 5.59. The van der Waals surface area contributed by atoms with Crippen molar-refractivity contribution in [2.75, 3.05) is 52.9 Å². The van der Waals surface area contributed by atoms with Gasteiger partial charge in [0, 0.05) is 19.5 Å². The van der Waals surface area contributed by atoms with E-state index in [0.29, 0.717) is 0 Å². The van der Waals surface area contributed by atoms with Crippen molar-refractivity contribution in [1.82, 2.24) is 0 Å². The smallest absolute Gasteiger partial charge is 0.0872 e. The van der Waals surface area contributed by atoms with E-state index in [1.807, 2.05) is 11.8 Å². The maximum atomic E-state index is 4.97. The lowest BCUT2D eigenvalue weighted by Gasteiger charge is -2.23. The lowest BCUT2D eigenvalue weighted by molar-refractivity contribution is -0.867. The molecule has 0 bridgehead atoms. The Hall–Kier alpha value is 0.270. The fourth-order valence-electron chi connectivity index (χ4n) is 0.746. The average Bonchev–Trinajstić information content (AvgIpc) is 1.94. The van der Waals surface area contributed by atoms with E-state index in [1.165, 1.54) is 24.5 Å². The summed E-state index contributed by atoms with van der Waals surface area (Å²) in [5.74, 6) is 2.49. The van der Waals surface area contributed by atoms with Crippen LogP contribution in [0.25, 0.3) is 0 Å². The second-order valence-corrected chi connectivity index (χ2v) is 5.20. The minimum atomic E-state index is 0.900. The fourth-order valence-corrected chi connectivity index (χ4v) is 1.95. The molecule has 0 amide bonds. The Balaban J connectivity index is 3.01. The molecular weight excluding hydrogens is 170 g/mol. The molecule has 0 rings (SSSR count). The maximum absolute atomic E-state index is 4.97. The molecule has 0 atom stereocenters. The Morgan fingerprint density at radius 1 is 1.17 bits per heavy atom. The van der Waals surface area contributed by atoms with Gasteiger partial charge in [0.2, 0.25) is 0 Å². The summed E-state index contributed by atoms with van der Waals surface area (Å²) in [6.07, 6.45) is 1.18. The molecule has 12 heavy (non-hydrogen) atoms. The van der Waals surface area contributed by atoms with Crippen LogP contribution in [0.5, 0.6) is 0 Å². The van der Waals surface area contributed by atoms with Gasteiger partial charge in [-0.3, -0.25) is 0 Å². The molecule has 0 aromatic heterocycles. The van der Waals surface area contributed by atoms with Crippen LogP contribution >= 0.6 is 11.8 Å². The van der Waals surface area contributed by atoms with Crippen molar-refractivity contribution in [3.8, 4) is 0 Å². The van der Waals surface area contributed by atoms with E-state index in [1.54, 1.807) is 7.11 Å². The largest absolute Gasteiger partial charge is 0.385 e. The number of hydrogen-bond acceptors (Lipinski definition) is 2. The van der Waals surface area contributed by atoms with Crippen LogP contribution in [0.2, 0.25) is 0 Å². The van der Waals surface area contributed by atoms with E-state index in [2.05, 4.69) is 21.1 Å². The molecule has 0 saturated carbocycles. The van der Waals surface area contributed by atoms with Crippen molar-refractivity contribution in [2.45, 2.75) is 6.42 Å². The molecule has 0 radical (unpaired) electrons. The SMILES string of the molecule is COCCCSCC[N+](C)(C)C. The van der Waals surface area contributed by atoms with E-state index >= 15 is 0 Å². The summed E-state index contributed by atoms with van der Waals surface area (Å²) in [6, 6.07) is 0. The summed E-state index contributed by atoms with van der Waals surface area (Å²) in [7, 11) is 8.46. The summed E-state index contributed by atoms with van der Waals surface area (Å²) in [6.45, 7) is 2.15. The number of rotatable bonds is 7. The number of ether oxygens (including phenoxy) is 1. The average molecular weight is 192 g/mol. The maximum Gasteiger partial charge on any atom is 0.0872 e. The van der Waals surface area contributed by atoms with Gasteiger partial charge in [0.25, 0.3) is 0 Å². The molecule has 0 unspecified atom stereocenters. The van der Waals surface area contributed by atoms with Crippen LogP contribution in [0.4, 0.5) is 0 Å². The molecule has 0 saturated heterocycles. The van der Waals surface area contributed by atoms with Crippen molar-refractivity contribution in [1.29, 1.82) is 0 Å². The Morgan fingerprint density at radius 2 is 1.83 bits per heavy atom. The summed E-state index contributed by atoms with van der Waals surface area (Å²) < 4.78 is 6.04. The van der Waals surface area contributed by atoms with Crippen LogP contribution in [0.15, 0.2) is 0 Å². The molecule has 0 spiro atoms. The van der Waals surface area contributed by atoms with Crippen LogP contribution in [0, 0.1) is 0 Å². The predicted octanol–water partition coefficient (Wildman–Crippen LogP) is 1.46. The Bertz CT molecular complexity index is 101. The van der Waals surface area contributed by atoms with Gasteiger partial charge >= 0.3 is 0 Å². The molecule has 74 valence electrons. The molecule has 2 nitrogen and oxygen atoms in total.